The number of hydrogen-bond donors (Lipinski definition) is 1. The molecule has 3 heteroatoms. The van der Waals surface area contributed by atoms with Gasteiger partial charge in [-0.1, -0.05) is 29.3 Å². The molecule has 1 atom stereocenters. The van der Waals surface area contributed by atoms with Gasteiger partial charge in [0.25, 0.3) is 0 Å². The molecular weight excluding hydrogens is 222 g/mol. The van der Waals surface area contributed by atoms with Crippen LogP contribution in [0.3, 0.4) is 0 Å². The quantitative estimate of drug-likeness (QED) is 0.807. The molecule has 0 aliphatic rings. The highest BCUT2D eigenvalue weighted by Gasteiger charge is 2.18. The van der Waals surface area contributed by atoms with Crippen LogP contribution in [0.5, 0.6) is 0 Å². The Balaban J connectivity index is 2.87. The van der Waals surface area contributed by atoms with Gasteiger partial charge in [0.2, 0.25) is 5.91 Å². The zero-order chi connectivity index (χ0) is 12.3. The highest BCUT2D eigenvalue weighted by Crippen LogP contribution is 2.23. The summed E-state index contributed by atoms with van der Waals surface area (Å²) < 4.78 is 0. The van der Waals surface area contributed by atoms with E-state index in [-0.39, 0.29) is 11.9 Å². The Morgan fingerprint density at radius 2 is 1.69 bits per heavy atom. The van der Waals surface area contributed by atoms with Crippen molar-refractivity contribution in [1.29, 1.82) is 0 Å². The van der Waals surface area contributed by atoms with E-state index in [2.05, 4.69) is 11.4 Å². The molecule has 1 amide bonds. The standard InChI is InChI=1S/C13H18ClNO/c1-8(2)15-13(16)12(14)11-6-9(3)5-10(4)7-11/h5-8,12H,1-4H3,(H,15,16). The number of carbonyl (C=O) groups excluding carboxylic acids is 1. The molecule has 16 heavy (non-hydrogen) atoms. The van der Waals surface area contributed by atoms with Crippen molar-refractivity contribution in [2.45, 2.75) is 39.1 Å². The van der Waals surface area contributed by atoms with Crippen LogP contribution in [-0.4, -0.2) is 11.9 Å². The highest BCUT2D eigenvalue weighted by atomic mass is 35.5. The van der Waals surface area contributed by atoms with Crippen LogP contribution >= 0.6 is 11.6 Å². The Bertz CT molecular complexity index is 367. The van der Waals surface area contributed by atoms with E-state index in [0.717, 1.165) is 16.7 Å². The van der Waals surface area contributed by atoms with Gasteiger partial charge in [-0.05, 0) is 33.3 Å². The van der Waals surface area contributed by atoms with Gasteiger partial charge < -0.3 is 5.32 Å². The lowest BCUT2D eigenvalue weighted by molar-refractivity contribution is -0.121. The van der Waals surface area contributed by atoms with E-state index < -0.39 is 5.38 Å². The Labute approximate surface area is 102 Å². The van der Waals surface area contributed by atoms with Crippen molar-refractivity contribution in [1.82, 2.24) is 5.32 Å². The number of halogens is 1. The zero-order valence-electron chi connectivity index (χ0n) is 10.2. The van der Waals surface area contributed by atoms with Crippen LogP contribution in [0.25, 0.3) is 0 Å². The second-order valence-corrected chi connectivity index (χ2v) is 4.88. The lowest BCUT2D eigenvalue weighted by atomic mass is 10.0. The van der Waals surface area contributed by atoms with E-state index in [0.29, 0.717) is 0 Å². The molecule has 0 saturated heterocycles. The van der Waals surface area contributed by atoms with Crippen molar-refractivity contribution >= 4 is 17.5 Å². The first-order chi connectivity index (χ1) is 7.40. The van der Waals surface area contributed by atoms with Gasteiger partial charge in [-0.25, -0.2) is 0 Å². The molecule has 0 fully saturated rings. The van der Waals surface area contributed by atoms with Gasteiger partial charge in [0.1, 0.15) is 5.38 Å². The number of alkyl halides is 1. The number of nitrogens with one attached hydrogen (secondary N) is 1. The number of aryl methyl sites for hydroxylation is 2. The van der Waals surface area contributed by atoms with Gasteiger partial charge in [-0.15, -0.1) is 11.6 Å². The van der Waals surface area contributed by atoms with E-state index in [1.54, 1.807) is 0 Å². The van der Waals surface area contributed by atoms with Crippen molar-refractivity contribution < 1.29 is 4.79 Å². The third-order valence-electron chi connectivity index (χ3n) is 2.20. The Kier molecular flexibility index (Phi) is 4.36. The molecule has 2 nitrogen and oxygen atoms in total. The fraction of sp³-hybridized carbons (Fsp3) is 0.462. The number of carbonyl (C=O) groups is 1. The summed E-state index contributed by atoms with van der Waals surface area (Å²) in [6.45, 7) is 7.84. The second kappa shape index (κ2) is 5.35. The van der Waals surface area contributed by atoms with Crippen LogP contribution in [0.1, 0.15) is 35.9 Å². The van der Waals surface area contributed by atoms with Crippen molar-refractivity contribution in [3.63, 3.8) is 0 Å². The minimum absolute atomic E-state index is 0.111. The van der Waals surface area contributed by atoms with Gasteiger partial charge in [0.15, 0.2) is 0 Å². The van der Waals surface area contributed by atoms with Gasteiger partial charge in [0, 0.05) is 6.04 Å². The average molecular weight is 240 g/mol. The molecule has 0 heterocycles. The Morgan fingerprint density at radius 3 is 2.12 bits per heavy atom. The molecule has 0 aliphatic carbocycles. The maximum atomic E-state index is 11.7. The number of benzene rings is 1. The predicted octanol–water partition coefficient (Wildman–Crippen LogP) is 3.11. The highest BCUT2D eigenvalue weighted by molar-refractivity contribution is 6.30. The van der Waals surface area contributed by atoms with Gasteiger partial charge in [-0.2, -0.15) is 0 Å². The molecule has 0 aromatic heterocycles. The topological polar surface area (TPSA) is 29.1 Å². The fourth-order valence-corrected chi connectivity index (χ4v) is 1.85. The van der Waals surface area contributed by atoms with E-state index in [4.69, 9.17) is 11.6 Å². The molecule has 88 valence electrons. The first kappa shape index (κ1) is 13.0. The van der Waals surface area contributed by atoms with Crippen LogP contribution in [-0.2, 0) is 4.79 Å². The van der Waals surface area contributed by atoms with Crippen molar-refractivity contribution in [2.75, 3.05) is 0 Å². The Morgan fingerprint density at radius 1 is 1.19 bits per heavy atom. The smallest absolute Gasteiger partial charge is 0.242 e. The molecule has 0 radical (unpaired) electrons. The molecule has 0 spiro atoms. The average Bonchev–Trinajstić information content (AvgIpc) is 2.13. The molecule has 1 unspecified atom stereocenters. The third kappa shape index (κ3) is 3.53. The van der Waals surface area contributed by atoms with Gasteiger partial charge >= 0.3 is 0 Å². The largest absolute Gasteiger partial charge is 0.352 e. The van der Waals surface area contributed by atoms with Crippen molar-refractivity contribution in [3.8, 4) is 0 Å². The summed E-state index contributed by atoms with van der Waals surface area (Å²) in [5.74, 6) is -0.137. The first-order valence-corrected chi connectivity index (χ1v) is 5.86. The summed E-state index contributed by atoms with van der Waals surface area (Å²) in [7, 11) is 0. The summed E-state index contributed by atoms with van der Waals surface area (Å²) in [6.07, 6.45) is 0. The minimum atomic E-state index is -0.610. The molecule has 0 aliphatic heterocycles. The predicted molar refractivity (Wildman–Crippen MR) is 67.8 cm³/mol. The molecule has 1 aromatic rings. The third-order valence-corrected chi connectivity index (χ3v) is 2.65. The Hall–Kier alpha value is -1.02. The number of rotatable bonds is 3. The number of amides is 1. The van der Waals surface area contributed by atoms with E-state index in [1.807, 2.05) is 39.8 Å². The van der Waals surface area contributed by atoms with Crippen LogP contribution in [0.15, 0.2) is 18.2 Å². The van der Waals surface area contributed by atoms with Crippen LogP contribution < -0.4 is 5.32 Å². The van der Waals surface area contributed by atoms with E-state index >= 15 is 0 Å². The summed E-state index contributed by atoms with van der Waals surface area (Å²) in [5, 5.41) is 2.20. The zero-order valence-corrected chi connectivity index (χ0v) is 10.9. The molecule has 1 N–H and O–H groups in total. The van der Waals surface area contributed by atoms with Crippen LogP contribution in [0.4, 0.5) is 0 Å². The van der Waals surface area contributed by atoms with Crippen molar-refractivity contribution in [3.05, 3.63) is 34.9 Å². The molecule has 1 aromatic carbocycles. The summed E-state index contributed by atoms with van der Waals surface area (Å²) in [4.78, 5) is 11.7. The first-order valence-electron chi connectivity index (χ1n) is 5.43. The monoisotopic (exact) mass is 239 g/mol. The summed E-state index contributed by atoms with van der Waals surface area (Å²) in [5.41, 5.74) is 3.10. The maximum Gasteiger partial charge on any atom is 0.242 e. The van der Waals surface area contributed by atoms with Gasteiger partial charge in [0.05, 0.1) is 0 Å². The van der Waals surface area contributed by atoms with Gasteiger partial charge in [-0.3, -0.25) is 4.79 Å². The summed E-state index contributed by atoms with van der Waals surface area (Å²) in [6, 6.07) is 6.07. The molecular formula is C13H18ClNO. The SMILES string of the molecule is Cc1cc(C)cc(C(Cl)C(=O)NC(C)C)c1. The molecule has 0 saturated carbocycles. The summed E-state index contributed by atoms with van der Waals surface area (Å²) >= 11 is 6.13. The molecule has 0 bridgehead atoms. The normalized spacial score (nSPS) is 12.6. The maximum absolute atomic E-state index is 11.7. The molecule has 1 rings (SSSR count). The number of hydrogen-bond acceptors (Lipinski definition) is 1. The van der Waals surface area contributed by atoms with Crippen molar-refractivity contribution in [2.24, 2.45) is 0 Å². The second-order valence-electron chi connectivity index (χ2n) is 4.45. The van der Waals surface area contributed by atoms with E-state index in [1.165, 1.54) is 0 Å². The minimum Gasteiger partial charge on any atom is -0.352 e. The van der Waals surface area contributed by atoms with E-state index in [9.17, 15) is 4.79 Å². The lowest BCUT2D eigenvalue weighted by Gasteiger charge is -2.14. The fourth-order valence-electron chi connectivity index (χ4n) is 1.67. The lowest BCUT2D eigenvalue weighted by Crippen LogP contribution is -2.32. The van der Waals surface area contributed by atoms with Crippen LogP contribution in [0.2, 0.25) is 0 Å². The van der Waals surface area contributed by atoms with Crippen LogP contribution in [0, 0.1) is 13.8 Å².